The lowest BCUT2D eigenvalue weighted by molar-refractivity contribution is 0.950. The Morgan fingerprint density at radius 2 is 2.25 bits per heavy atom. The SMILES string of the molecule is N#CC1N=Cc2ccccc2N1. The van der Waals surface area contributed by atoms with Crippen molar-refractivity contribution in [1.82, 2.24) is 0 Å². The van der Waals surface area contributed by atoms with Crippen LogP contribution in [0.2, 0.25) is 0 Å². The Balaban J connectivity index is 2.41. The molecule has 1 heterocycles. The molecule has 12 heavy (non-hydrogen) atoms. The van der Waals surface area contributed by atoms with E-state index >= 15 is 0 Å². The predicted molar refractivity (Wildman–Crippen MR) is 47.1 cm³/mol. The molecule has 3 heteroatoms. The first-order chi connectivity index (χ1) is 5.90. The Hall–Kier alpha value is -1.82. The Labute approximate surface area is 70.4 Å². The number of nitrogens with zero attached hydrogens (tertiary/aromatic N) is 2. The van der Waals surface area contributed by atoms with E-state index in [0.717, 1.165) is 11.3 Å². The fourth-order valence-electron chi connectivity index (χ4n) is 1.15. The van der Waals surface area contributed by atoms with Gasteiger partial charge in [-0.1, -0.05) is 18.2 Å². The van der Waals surface area contributed by atoms with Gasteiger partial charge in [0.1, 0.15) is 6.07 Å². The molecule has 1 aromatic rings. The second kappa shape index (κ2) is 2.67. The van der Waals surface area contributed by atoms with Gasteiger partial charge in [0.15, 0.2) is 0 Å². The molecule has 1 N–H and O–H groups in total. The van der Waals surface area contributed by atoms with Crippen molar-refractivity contribution in [2.75, 3.05) is 5.32 Å². The molecular formula is C9H7N3. The van der Waals surface area contributed by atoms with Gasteiger partial charge in [0, 0.05) is 17.5 Å². The minimum Gasteiger partial charge on any atom is -0.352 e. The molecule has 3 nitrogen and oxygen atoms in total. The van der Waals surface area contributed by atoms with Crippen molar-refractivity contribution in [3.8, 4) is 6.07 Å². The zero-order valence-corrected chi connectivity index (χ0v) is 6.36. The van der Waals surface area contributed by atoms with Crippen molar-refractivity contribution in [3.63, 3.8) is 0 Å². The van der Waals surface area contributed by atoms with Gasteiger partial charge in [-0.15, -0.1) is 0 Å². The second-order valence-corrected chi connectivity index (χ2v) is 2.54. The predicted octanol–water partition coefficient (Wildman–Crippen LogP) is 1.38. The number of benzene rings is 1. The standard InChI is InChI=1S/C9H7N3/c10-5-9-11-6-7-3-1-2-4-8(7)12-9/h1-4,6,9,12H. The molecule has 1 atom stereocenters. The summed E-state index contributed by atoms with van der Waals surface area (Å²) in [4.78, 5) is 3.99. The molecule has 0 bridgehead atoms. The van der Waals surface area contributed by atoms with E-state index in [1.54, 1.807) is 6.21 Å². The molecule has 1 aliphatic heterocycles. The van der Waals surface area contributed by atoms with Crippen LogP contribution in [0.3, 0.4) is 0 Å². The number of hydrogen-bond acceptors (Lipinski definition) is 3. The van der Waals surface area contributed by atoms with Crippen LogP contribution in [0.4, 0.5) is 5.69 Å². The molecule has 1 aliphatic rings. The third kappa shape index (κ3) is 1.04. The van der Waals surface area contributed by atoms with E-state index in [-0.39, 0.29) is 0 Å². The monoisotopic (exact) mass is 157 g/mol. The Bertz CT molecular complexity index is 362. The molecule has 0 saturated heterocycles. The molecule has 2 rings (SSSR count). The molecule has 0 spiro atoms. The van der Waals surface area contributed by atoms with Crippen LogP contribution in [-0.4, -0.2) is 12.4 Å². The Kier molecular flexibility index (Phi) is 1.52. The van der Waals surface area contributed by atoms with E-state index in [9.17, 15) is 0 Å². The van der Waals surface area contributed by atoms with Crippen molar-refractivity contribution in [2.24, 2.45) is 4.99 Å². The van der Waals surface area contributed by atoms with Gasteiger partial charge in [0.25, 0.3) is 0 Å². The molecule has 1 aromatic carbocycles. The van der Waals surface area contributed by atoms with Crippen molar-refractivity contribution in [2.45, 2.75) is 6.17 Å². The van der Waals surface area contributed by atoms with Gasteiger partial charge in [-0.05, 0) is 6.07 Å². The highest BCUT2D eigenvalue weighted by molar-refractivity contribution is 5.89. The normalized spacial score (nSPS) is 19.1. The summed E-state index contributed by atoms with van der Waals surface area (Å²) in [7, 11) is 0. The van der Waals surface area contributed by atoms with Crippen LogP contribution < -0.4 is 5.32 Å². The molecular weight excluding hydrogens is 150 g/mol. The first-order valence-electron chi connectivity index (χ1n) is 3.68. The largest absolute Gasteiger partial charge is 0.352 e. The lowest BCUT2D eigenvalue weighted by Gasteiger charge is -2.15. The minimum atomic E-state index is -0.431. The first-order valence-corrected chi connectivity index (χ1v) is 3.68. The molecule has 58 valence electrons. The summed E-state index contributed by atoms with van der Waals surface area (Å²) >= 11 is 0. The molecule has 0 radical (unpaired) electrons. The summed E-state index contributed by atoms with van der Waals surface area (Å²) in [5.74, 6) is 0. The number of nitriles is 1. The maximum absolute atomic E-state index is 8.59. The average molecular weight is 157 g/mol. The fraction of sp³-hybridized carbons (Fsp3) is 0.111. The zero-order valence-electron chi connectivity index (χ0n) is 6.36. The summed E-state index contributed by atoms with van der Waals surface area (Å²) in [6.07, 6.45) is 1.29. The van der Waals surface area contributed by atoms with Gasteiger partial charge in [0.2, 0.25) is 6.17 Å². The van der Waals surface area contributed by atoms with Crippen molar-refractivity contribution in [3.05, 3.63) is 29.8 Å². The summed E-state index contributed by atoms with van der Waals surface area (Å²) in [5, 5.41) is 11.6. The third-order valence-electron chi connectivity index (χ3n) is 1.74. The quantitative estimate of drug-likeness (QED) is 0.618. The summed E-state index contributed by atoms with van der Waals surface area (Å²) < 4.78 is 0. The van der Waals surface area contributed by atoms with Crippen LogP contribution in [-0.2, 0) is 0 Å². The van der Waals surface area contributed by atoms with E-state index < -0.39 is 6.17 Å². The van der Waals surface area contributed by atoms with Crippen LogP contribution in [0.5, 0.6) is 0 Å². The molecule has 0 aliphatic carbocycles. The van der Waals surface area contributed by atoms with Gasteiger partial charge in [-0.2, -0.15) is 5.26 Å². The maximum Gasteiger partial charge on any atom is 0.207 e. The van der Waals surface area contributed by atoms with Crippen LogP contribution in [0.1, 0.15) is 5.56 Å². The average Bonchev–Trinajstić information content (AvgIpc) is 2.17. The Morgan fingerprint density at radius 1 is 1.42 bits per heavy atom. The van der Waals surface area contributed by atoms with Crippen LogP contribution in [0.25, 0.3) is 0 Å². The molecule has 0 fully saturated rings. The maximum atomic E-state index is 8.59. The lowest BCUT2D eigenvalue weighted by atomic mass is 10.1. The minimum absolute atomic E-state index is 0.431. The summed E-state index contributed by atoms with van der Waals surface area (Å²) in [6, 6.07) is 9.80. The number of anilines is 1. The number of hydrogen-bond donors (Lipinski definition) is 1. The zero-order chi connectivity index (χ0) is 8.39. The highest BCUT2D eigenvalue weighted by Gasteiger charge is 2.10. The number of aliphatic imine (C=N–C) groups is 1. The van der Waals surface area contributed by atoms with Crippen LogP contribution in [0, 0.1) is 11.3 Å². The van der Waals surface area contributed by atoms with Crippen molar-refractivity contribution in [1.29, 1.82) is 5.26 Å². The highest BCUT2D eigenvalue weighted by Crippen LogP contribution is 2.17. The second-order valence-electron chi connectivity index (χ2n) is 2.54. The number of nitrogens with one attached hydrogen (secondary N) is 1. The van der Waals surface area contributed by atoms with E-state index in [1.807, 2.05) is 30.3 Å². The van der Waals surface area contributed by atoms with Crippen LogP contribution >= 0.6 is 0 Å². The molecule has 1 unspecified atom stereocenters. The van der Waals surface area contributed by atoms with Gasteiger partial charge in [0.05, 0.1) is 0 Å². The Morgan fingerprint density at radius 3 is 3.08 bits per heavy atom. The van der Waals surface area contributed by atoms with E-state index in [2.05, 4.69) is 10.3 Å². The summed E-state index contributed by atoms with van der Waals surface area (Å²) in [5.41, 5.74) is 2.00. The van der Waals surface area contributed by atoms with Crippen LogP contribution in [0.15, 0.2) is 29.3 Å². The number of fused-ring (bicyclic) bond motifs is 1. The number of para-hydroxylation sites is 1. The van der Waals surface area contributed by atoms with Gasteiger partial charge < -0.3 is 5.32 Å². The summed E-state index contributed by atoms with van der Waals surface area (Å²) in [6.45, 7) is 0. The molecule has 0 amide bonds. The number of rotatable bonds is 0. The van der Waals surface area contributed by atoms with Crippen molar-refractivity contribution >= 4 is 11.9 Å². The van der Waals surface area contributed by atoms with Gasteiger partial charge in [-0.3, -0.25) is 4.99 Å². The highest BCUT2D eigenvalue weighted by atomic mass is 15.1. The fourth-order valence-corrected chi connectivity index (χ4v) is 1.15. The molecule has 0 aromatic heterocycles. The van der Waals surface area contributed by atoms with E-state index in [0.29, 0.717) is 0 Å². The van der Waals surface area contributed by atoms with Gasteiger partial charge >= 0.3 is 0 Å². The van der Waals surface area contributed by atoms with Crippen molar-refractivity contribution < 1.29 is 0 Å². The lowest BCUT2D eigenvalue weighted by Crippen LogP contribution is -2.19. The molecule has 0 saturated carbocycles. The third-order valence-corrected chi connectivity index (χ3v) is 1.74. The van der Waals surface area contributed by atoms with E-state index in [1.165, 1.54) is 0 Å². The first kappa shape index (κ1) is 6.86. The van der Waals surface area contributed by atoms with Gasteiger partial charge in [-0.25, -0.2) is 0 Å². The smallest absolute Gasteiger partial charge is 0.207 e. The van der Waals surface area contributed by atoms with E-state index in [4.69, 9.17) is 5.26 Å². The topological polar surface area (TPSA) is 48.2 Å².